The fraction of sp³-hybridized carbons (Fsp3) is 0.619. The highest BCUT2D eigenvalue weighted by Gasteiger charge is 2.47. The van der Waals surface area contributed by atoms with Crippen molar-refractivity contribution in [1.29, 1.82) is 0 Å². The predicted molar refractivity (Wildman–Crippen MR) is 99.4 cm³/mol. The second kappa shape index (κ2) is 6.69. The van der Waals surface area contributed by atoms with Gasteiger partial charge in [0.2, 0.25) is 5.91 Å². The summed E-state index contributed by atoms with van der Waals surface area (Å²) in [5, 5.41) is 0. The van der Waals surface area contributed by atoms with Gasteiger partial charge in [-0.3, -0.25) is 9.59 Å². The number of rotatable bonds is 2. The van der Waals surface area contributed by atoms with Crippen molar-refractivity contribution in [1.82, 2.24) is 9.80 Å². The van der Waals surface area contributed by atoms with Gasteiger partial charge in [0.1, 0.15) is 11.4 Å². The Morgan fingerprint density at radius 2 is 1.92 bits per heavy atom. The molecule has 5 heteroatoms. The van der Waals surface area contributed by atoms with E-state index in [1.54, 1.807) is 0 Å². The molecule has 1 aromatic carbocycles. The molecule has 1 atom stereocenters. The Morgan fingerprint density at radius 3 is 2.65 bits per heavy atom. The summed E-state index contributed by atoms with van der Waals surface area (Å²) < 4.78 is 6.24. The van der Waals surface area contributed by atoms with Gasteiger partial charge < -0.3 is 14.5 Å². The first-order chi connectivity index (χ1) is 12.5. The fourth-order valence-electron chi connectivity index (χ4n) is 4.62. The number of hydrogen-bond donors (Lipinski definition) is 0. The summed E-state index contributed by atoms with van der Waals surface area (Å²) in [4.78, 5) is 29.9. The molecule has 0 radical (unpaired) electrons. The van der Waals surface area contributed by atoms with Crippen LogP contribution >= 0.6 is 0 Å². The third kappa shape index (κ3) is 3.13. The molecule has 3 heterocycles. The predicted octanol–water partition coefficient (Wildman–Crippen LogP) is 2.74. The molecule has 2 fully saturated rings. The van der Waals surface area contributed by atoms with Gasteiger partial charge in [0.05, 0.1) is 18.5 Å². The molecule has 0 saturated carbocycles. The molecule has 1 aromatic rings. The summed E-state index contributed by atoms with van der Waals surface area (Å²) in [5.74, 6) is 1.17. The number of Topliss-reactive ketones (excluding diaryl/α,β-unsaturated/α-hetero) is 1. The summed E-state index contributed by atoms with van der Waals surface area (Å²) in [7, 11) is 0. The van der Waals surface area contributed by atoms with Crippen LogP contribution in [0.1, 0.15) is 49.9 Å². The molecular weight excluding hydrogens is 328 g/mol. The summed E-state index contributed by atoms with van der Waals surface area (Å²) in [6.45, 7) is 7.64. The molecular formula is C21H28N2O3. The SMILES string of the molecule is CC(C)N1CCC(C(=O)N2CCC3(CC(=O)c4ccccc4O3)C2)CC1. The number of ketones is 1. The van der Waals surface area contributed by atoms with Crippen molar-refractivity contribution in [3.05, 3.63) is 29.8 Å². The first kappa shape index (κ1) is 17.5. The maximum atomic E-state index is 13.0. The average Bonchev–Trinajstić information content (AvgIpc) is 3.04. The van der Waals surface area contributed by atoms with Gasteiger partial charge >= 0.3 is 0 Å². The molecule has 140 valence electrons. The van der Waals surface area contributed by atoms with Gasteiger partial charge in [0, 0.05) is 24.9 Å². The zero-order valence-corrected chi connectivity index (χ0v) is 15.7. The van der Waals surface area contributed by atoms with Gasteiger partial charge in [0.25, 0.3) is 0 Å². The van der Waals surface area contributed by atoms with Crippen LogP contribution in [0.25, 0.3) is 0 Å². The minimum absolute atomic E-state index is 0.117. The average molecular weight is 356 g/mol. The number of ether oxygens (including phenoxy) is 1. The van der Waals surface area contributed by atoms with Gasteiger partial charge in [0.15, 0.2) is 5.78 Å². The van der Waals surface area contributed by atoms with E-state index in [9.17, 15) is 9.59 Å². The van der Waals surface area contributed by atoms with Crippen molar-refractivity contribution >= 4 is 11.7 Å². The van der Waals surface area contributed by atoms with E-state index in [2.05, 4.69) is 18.7 Å². The van der Waals surface area contributed by atoms with Crippen LogP contribution in [0.4, 0.5) is 0 Å². The first-order valence-corrected chi connectivity index (χ1v) is 9.81. The van der Waals surface area contributed by atoms with Crippen molar-refractivity contribution in [2.45, 2.75) is 51.2 Å². The lowest BCUT2D eigenvalue weighted by Crippen LogP contribution is -2.47. The van der Waals surface area contributed by atoms with Gasteiger partial charge in [-0.25, -0.2) is 0 Å². The van der Waals surface area contributed by atoms with Crippen molar-refractivity contribution < 1.29 is 14.3 Å². The topological polar surface area (TPSA) is 49.9 Å². The Kier molecular flexibility index (Phi) is 4.51. The van der Waals surface area contributed by atoms with E-state index in [1.807, 2.05) is 29.2 Å². The van der Waals surface area contributed by atoms with Gasteiger partial charge in [-0.15, -0.1) is 0 Å². The molecule has 0 bridgehead atoms. The monoisotopic (exact) mass is 356 g/mol. The summed E-state index contributed by atoms with van der Waals surface area (Å²) in [6.07, 6.45) is 2.98. The van der Waals surface area contributed by atoms with Crippen molar-refractivity contribution in [3.8, 4) is 5.75 Å². The molecule has 4 rings (SSSR count). The number of hydrogen-bond acceptors (Lipinski definition) is 4. The molecule has 0 aliphatic carbocycles. The highest BCUT2D eigenvalue weighted by Crippen LogP contribution is 2.39. The van der Waals surface area contributed by atoms with E-state index in [0.717, 1.165) is 32.4 Å². The lowest BCUT2D eigenvalue weighted by Gasteiger charge is -2.37. The second-order valence-corrected chi connectivity index (χ2v) is 8.29. The number of carbonyl (C=O) groups excluding carboxylic acids is 2. The highest BCUT2D eigenvalue weighted by atomic mass is 16.5. The van der Waals surface area contributed by atoms with Gasteiger partial charge in [-0.1, -0.05) is 12.1 Å². The lowest BCUT2D eigenvalue weighted by molar-refractivity contribution is -0.137. The van der Waals surface area contributed by atoms with Gasteiger partial charge in [-0.2, -0.15) is 0 Å². The Bertz CT molecular complexity index is 709. The zero-order valence-electron chi connectivity index (χ0n) is 15.7. The molecule has 3 aliphatic rings. The van der Waals surface area contributed by atoms with Crippen molar-refractivity contribution in [2.75, 3.05) is 26.2 Å². The number of carbonyl (C=O) groups is 2. The van der Waals surface area contributed by atoms with Crippen LogP contribution in [0.15, 0.2) is 24.3 Å². The van der Waals surface area contributed by atoms with E-state index in [4.69, 9.17) is 4.74 Å². The Balaban J connectivity index is 1.41. The van der Waals surface area contributed by atoms with E-state index in [0.29, 0.717) is 36.9 Å². The van der Waals surface area contributed by atoms with Crippen LogP contribution < -0.4 is 4.74 Å². The normalized spacial score (nSPS) is 27.0. The largest absolute Gasteiger partial charge is 0.484 e. The maximum Gasteiger partial charge on any atom is 0.225 e. The summed E-state index contributed by atoms with van der Waals surface area (Å²) >= 11 is 0. The van der Waals surface area contributed by atoms with E-state index in [1.165, 1.54) is 0 Å². The number of piperidine rings is 1. The third-order valence-corrected chi connectivity index (χ3v) is 6.23. The highest BCUT2D eigenvalue weighted by molar-refractivity contribution is 6.00. The zero-order chi connectivity index (χ0) is 18.3. The molecule has 26 heavy (non-hydrogen) atoms. The minimum atomic E-state index is -0.528. The molecule has 3 aliphatic heterocycles. The van der Waals surface area contributed by atoms with Crippen LogP contribution in [0.5, 0.6) is 5.75 Å². The number of para-hydroxylation sites is 1. The molecule has 1 unspecified atom stereocenters. The number of amides is 1. The van der Waals surface area contributed by atoms with Crippen LogP contribution in [0.3, 0.4) is 0 Å². The quantitative estimate of drug-likeness (QED) is 0.818. The van der Waals surface area contributed by atoms with Crippen molar-refractivity contribution in [3.63, 3.8) is 0 Å². The van der Waals surface area contributed by atoms with E-state index in [-0.39, 0.29) is 17.6 Å². The van der Waals surface area contributed by atoms with Crippen LogP contribution in [0.2, 0.25) is 0 Å². The molecule has 5 nitrogen and oxygen atoms in total. The minimum Gasteiger partial charge on any atom is -0.484 e. The number of benzene rings is 1. The summed E-state index contributed by atoms with van der Waals surface area (Å²) in [6, 6.07) is 7.99. The molecule has 0 N–H and O–H groups in total. The smallest absolute Gasteiger partial charge is 0.225 e. The number of fused-ring (bicyclic) bond motifs is 1. The molecule has 1 spiro atoms. The number of likely N-dealkylation sites (tertiary alicyclic amines) is 2. The molecule has 2 saturated heterocycles. The maximum absolute atomic E-state index is 13.0. The van der Waals surface area contributed by atoms with Crippen LogP contribution in [-0.2, 0) is 4.79 Å². The van der Waals surface area contributed by atoms with Crippen LogP contribution in [-0.4, -0.2) is 59.3 Å². The molecule has 0 aromatic heterocycles. The lowest BCUT2D eigenvalue weighted by atomic mass is 9.89. The van der Waals surface area contributed by atoms with Crippen LogP contribution in [0, 0.1) is 5.92 Å². The standard InChI is InChI=1S/C21H28N2O3/c1-15(2)22-10-7-16(8-11-22)20(25)23-12-9-21(14-23)13-18(24)17-5-3-4-6-19(17)26-21/h3-6,15-16H,7-14H2,1-2H3. The van der Waals surface area contributed by atoms with Gasteiger partial charge in [-0.05, 0) is 51.9 Å². The second-order valence-electron chi connectivity index (χ2n) is 8.29. The summed E-state index contributed by atoms with van der Waals surface area (Å²) in [5.41, 5.74) is 0.142. The Labute approximate surface area is 155 Å². The number of nitrogens with zero attached hydrogens (tertiary/aromatic N) is 2. The fourth-order valence-corrected chi connectivity index (χ4v) is 4.62. The van der Waals surface area contributed by atoms with Crippen molar-refractivity contribution in [2.24, 2.45) is 5.92 Å². The first-order valence-electron chi connectivity index (χ1n) is 9.81. The Hall–Kier alpha value is -1.88. The Morgan fingerprint density at radius 1 is 1.19 bits per heavy atom. The molecule has 1 amide bonds. The third-order valence-electron chi connectivity index (χ3n) is 6.23. The van der Waals surface area contributed by atoms with E-state index < -0.39 is 5.60 Å². The van der Waals surface area contributed by atoms with E-state index >= 15 is 0 Å².